The third-order valence-electron chi connectivity index (χ3n) is 5.88. The van der Waals surface area contributed by atoms with E-state index in [4.69, 9.17) is 9.40 Å². The van der Waals surface area contributed by atoms with Crippen LogP contribution in [0.5, 0.6) is 0 Å². The zero-order chi connectivity index (χ0) is 19.8. The third kappa shape index (κ3) is 3.67. The first-order valence-corrected chi connectivity index (χ1v) is 10.9. The van der Waals surface area contributed by atoms with Gasteiger partial charge in [0.25, 0.3) is 0 Å². The molecule has 2 saturated heterocycles. The minimum absolute atomic E-state index is 0.0273. The Morgan fingerprint density at radius 3 is 2.93 bits per heavy atom. The number of thiazole rings is 1. The molecule has 2 atom stereocenters. The molecule has 0 aliphatic carbocycles. The number of carbonyl (C=O) groups is 2. The van der Waals surface area contributed by atoms with Crippen LogP contribution in [0, 0.1) is 5.92 Å². The highest BCUT2D eigenvalue weighted by Crippen LogP contribution is 2.34. The van der Waals surface area contributed by atoms with Crippen molar-refractivity contribution in [3.05, 3.63) is 53.4 Å². The summed E-state index contributed by atoms with van der Waals surface area (Å²) in [5, 5.41) is 1.12. The van der Waals surface area contributed by atoms with Gasteiger partial charge < -0.3 is 14.2 Å². The van der Waals surface area contributed by atoms with Crippen molar-refractivity contribution < 1.29 is 14.0 Å². The molecule has 7 heteroatoms. The van der Waals surface area contributed by atoms with Gasteiger partial charge in [0.2, 0.25) is 11.8 Å². The second-order valence-corrected chi connectivity index (χ2v) is 8.96. The summed E-state index contributed by atoms with van der Waals surface area (Å²) >= 11 is 1.73. The van der Waals surface area contributed by atoms with Crippen LogP contribution in [0.3, 0.4) is 0 Å². The molecule has 0 spiro atoms. The van der Waals surface area contributed by atoms with E-state index in [9.17, 15) is 9.59 Å². The average Bonchev–Trinajstić information content (AvgIpc) is 3.48. The van der Waals surface area contributed by atoms with Gasteiger partial charge in [0.05, 0.1) is 34.0 Å². The van der Waals surface area contributed by atoms with Crippen LogP contribution in [0.1, 0.15) is 35.9 Å². The summed E-state index contributed by atoms with van der Waals surface area (Å²) in [4.78, 5) is 34.0. The molecule has 0 radical (unpaired) electrons. The van der Waals surface area contributed by atoms with Crippen molar-refractivity contribution in [3.63, 3.8) is 0 Å². The van der Waals surface area contributed by atoms with E-state index in [0.29, 0.717) is 26.1 Å². The molecule has 5 rings (SSSR count). The van der Waals surface area contributed by atoms with Crippen LogP contribution in [-0.2, 0) is 16.1 Å². The van der Waals surface area contributed by atoms with Gasteiger partial charge in [-0.2, -0.15) is 0 Å². The normalized spacial score (nSPS) is 22.6. The Morgan fingerprint density at radius 2 is 2.10 bits per heavy atom. The minimum Gasteiger partial charge on any atom is -0.467 e. The van der Waals surface area contributed by atoms with Crippen molar-refractivity contribution >= 4 is 33.4 Å². The van der Waals surface area contributed by atoms with E-state index in [1.807, 2.05) is 35.2 Å². The molecule has 1 aromatic carbocycles. The Labute approximate surface area is 173 Å². The molecule has 2 aromatic heterocycles. The molecule has 2 aliphatic rings. The van der Waals surface area contributed by atoms with Crippen LogP contribution in [-0.4, -0.2) is 46.2 Å². The molecule has 2 fully saturated rings. The molecule has 2 aliphatic heterocycles. The van der Waals surface area contributed by atoms with Crippen LogP contribution in [0.15, 0.2) is 47.1 Å². The number of para-hydroxylation sites is 1. The van der Waals surface area contributed by atoms with Crippen LogP contribution < -0.4 is 0 Å². The molecule has 0 unspecified atom stereocenters. The van der Waals surface area contributed by atoms with E-state index in [0.717, 1.165) is 35.7 Å². The molecule has 0 bridgehead atoms. The predicted octanol–water partition coefficient (Wildman–Crippen LogP) is 3.64. The standard InChI is InChI=1S/C22H23N3O3S/c26-20-11-16(13-25(20)14-17-6-4-10-28-17)22(27)24-9-3-5-15(12-24)21-23-18-7-1-2-8-19(18)29-21/h1-2,4,6-8,10,15-16H,3,5,9,11-14H2/t15-,16+/m1/s1. The number of hydrogen-bond acceptors (Lipinski definition) is 5. The van der Waals surface area contributed by atoms with E-state index < -0.39 is 0 Å². The summed E-state index contributed by atoms with van der Waals surface area (Å²) < 4.78 is 6.54. The van der Waals surface area contributed by atoms with Crippen molar-refractivity contribution in [2.24, 2.45) is 5.92 Å². The second kappa shape index (κ2) is 7.63. The van der Waals surface area contributed by atoms with Crippen molar-refractivity contribution in [1.82, 2.24) is 14.8 Å². The summed E-state index contributed by atoms with van der Waals surface area (Å²) in [6.45, 7) is 2.37. The Bertz CT molecular complexity index is 996. The van der Waals surface area contributed by atoms with Crippen molar-refractivity contribution in [1.29, 1.82) is 0 Å². The Hall–Kier alpha value is -2.67. The smallest absolute Gasteiger partial charge is 0.228 e. The van der Waals surface area contributed by atoms with Gasteiger partial charge >= 0.3 is 0 Å². The van der Waals surface area contributed by atoms with Gasteiger partial charge in [0.15, 0.2) is 0 Å². The lowest BCUT2D eigenvalue weighted by Gasteiger charge is -2.33. The van der Waals surface area contributed by atoms with Gasteiger partial charge in [0, 0.05) is 32.0 Å². The summed E-state index contributed by atoms with van der Waals surface area (Å²) in [6.07, 6.45) is 3.93. The van der Waals surface area contributed by atoms with Crippen LogP contribution in [0.25, 0.3) is 10.2 Å². The number of amides is 2. The number of aromatic nitrogens is 1. The summed E-state index contributed by atoms with van der Waals surface area (Å²) in [5.41, 5.74) is 1.03. The summed E-state index contributed by atoms with van der Waals surface area (Å²) in [7, 11) is 0. The maximum atomic E-state index is 13.1. The highest BCUT2D eigenvalue weighted by atomic mass is 32.1. The molecule has 4 heterocycles. The molecule has 6 nitrogen and oxygen atoms in total. The molecule has 0 N–H and O–H groups in total. The van der Waals surface area contributed by atoms with Crippen LogP contribution in [0.2, 0.25) is 0 Å². The third-order valence-corrected chi connectivity index (χ3v) is 7.08. The zero-order valence-electron chi connectivity index (χ0n) is 16.1. The van der Waals surface area contributed by atoms with E-state index in [1.165, 1.54) is 4.70 Å². The number of benzene rings is 1. The van der Waals surface area contributed by atoms with Crippen LogP contribution in [0.4, 0.5) is 0 Å². The fraction of sp³-hybridized carbons (Fsp3) is 0.409. The Morgan fingerprint density at radius 1 is 1.21 bits per heavy atom. The van der Waals surface area contributed by atoms with Crippen LogP contribution >= 0.6 is 11.3 Å². The van der Waals surface area contributed by atoms with Gasteiger partial charge in [-0.25, -0.2) is 4.98 Å². The maximum absolute atomic E-state index is 13.1. The lowest BCUT2D eigenvalue weighted by molar-refractivity contribution is -0.137. The number of rotatable bonds is 4. The number of furan rings is 1. The topological polar surface area (TPSA) is 66.7 Å². The van der Waals surface area contributed by atoms with Gasteiger partial charge in [-0.15, -0.1) is 11.3 Å². The van der Waals surface area contributed by atoms with Crippen molar-refractivity contribution in [2.45, 2.75) is 31.7 Å². The predicted molar refractivity (Wildman–Crippen MR) is 110 cm³/mol. The number of piperidine rings is 1. The van der Waals surface area contributed by atoms with Crippen molar-refractivity contribution in [2.75, 3.05) is 19.6 Å². The molecule has 0 saturated carbocycles. The first kappa shape index (κ1) is 18.4. The van der Waals surface area contributed by atoms with Crippen molar-refractivity contribution in [3.8, 4) is 0 Å². The Kier molecular flexibility index (Phi) is 4.83. The minimum atomic E-state index is -0.258. The first-order valence-electron chi connectivity index (χ1n) is 10.1. The first-order chi connectivity index (χ1) is 14.2. The number of carbonyl (C=O) groups excluding carboxylic acids is 2. The second-order valence-electron chi connectivity index (χ2n) is 7.90. The van der Waals surface area contributed by atoms with Gasteiger partial charge in [-0.1, -0.05) is 12.1 Å². The van der Waals surface area contributed by atoms with Gasteiger partial charge in [-0.3, -0.25) is 9.59 Å². The highest BCUT2D eigenvalue weighted by molar-refractivity contribution is 7.18. The van der Waals surface area contributed by atoms with E-state index in [1.54, 1.807) is 22.5 Å². The molecule has 150 valence electrons. The average molecular weight is 410 g/mol. The lowest BCUT2D eigenvalue weighted by Crippen LogP contribution is -2.43. The molecule has 29 heavy (non-hydrogen) atoms. The summed E-state index contributed by atoms with van der Waals surface area (Å²) in [5.74, 6) is 0.902. The molecule has 2 amide bonds. The monoisotopic (exact) mass is 409 g/mol. The molecule has 3 aromatic rings. The molecular weight excluding hydrogens is 386 g/mol. The highest BCUT2D eigenvalue weighted by Gasteiger charge is 2.38. The van der Waals surface area contributed by atoms with Gasteiger partial charge in [0.1, 0.15) is 5.76 Å². The largest absolute Gasteiger partial charge is 0.467 e. The fourth-order valence-corrected chi connectivity index (χ4v) is 5.48. The van der Waals surface area contributed by atoms with E-state index in [2.05, 4.69) is 6.07 Å². The number of nitrogens with zero attached hydrogens (tertiary/aromatic N) is 3. The quantitative estimate of drug-likeness (QED) is 0.660. The summed E-state index contributed by atoms with van der Waals surface area (Å²) in [6, 6.07) is 11.9. The SMILES string of the molecule is O=C1C[C@H](C(=O)N2CCC[C@@H](c3nc4ccccc4s3)C2)CN1Cc1ccco1. The fourth-order valence-electron chi connectivity index (χ4n) is 4.38. The zero-order valence-corrected chi connectivity index (χ0v) is 16.9. The number of hydrogen-bond donors (Lipinski definition) is 0. The molecular formula is C22H23N3O3S. The Balaban J connectivity index is 1.25. The lowest BCUT2D eigenvalue weighted by atomic mass is 9.96. The van der Waals surface area contributed by atoms with Gasteiger partial charge in [-0.05, 0) is 37.1 Å². The number of likely N-dealkylation sites (tertiary alicyclic amines) is 2. The van der Waals surface area contributed by atoms with E-state index in [-0.39, 0.29) is 23.7 Å². The number of fused-ring (bicyclic) bond motifs is 1. The maximum Gasteiger partial charge on any atom is 0.228 e. The van der Waals surface area contributed by atoms with E-state index >= 15 is 0 Å².